The van der Waals surface area contributed by atoms with E-state index in [0.717, 1.165) is 6.42 Å². The molecule has 0 aliphatic rings. The number of nitrogens with one attached hydrogen (secondary N) is 1. The van der Waals surface area contributed by atoms with Gasteiger partial charge in [-0.1, -0.05) is 20.3 Å². The second kappa shape index (κ2) is 6.09. The van der Waals surface area contributed by atoms with Crippen LogP contribution in [0.4, 0.5) is 0 Å². The molecule has 0 radical (unpaired) electrons. The van der Waals surface area contributed by atoms with Crippen LogP contribution in [0.3, 0.4) is 0 Å². The van der Waals surface area contributed by atoms with Crippen molar-refractivity contribution in [3.05, 3.63) is 23.8 Å². The Morgan fingerprint density at radius 1 is 1.50 bits per heavy atom. The molecule has 0 saturated carbocycles. The molecule has 3 N–H and O–H groups in total. The van der Waals surface area contributed by atoms with E-state index in [0.29, 0.717) is 5.69 Å². The molecular formula is C12H18N4O2. The fourth-order valence-corrected chi connectivity index (χ4v) is 1.49. The van der Waals surface area contributed by atoms with Gasteiger partial charge in [0.05, 0.1) is 0 Å². The summed E-state index contributed by atoms with van der Waals surface area (Å²) in [5, 5.41) is 2.57. The third-order valence-corrected chi connectivity index (χ3v) is 2.80. The van der Waals surface area contributed by atoms with Crippen molar-refractivity contribution in [1.82, 2.24) is 15.3 Å². The van der Waals surface area contributed by atoms with Crippen LogP contribution in [0.15, 0.2) is 12.3 Å². The zero-order chi connectivity index (χ0) is 13.7. The van der Waals surface area contributed by atoms with Gasteiger partial charge in [-0.15, -0.1) is 0 Å². The van der Waals surface area contributed by atoms with E-state index in [-0.39, 0.29) is 11.7 Å². The first-order valence-corrected chi connectivity index (χ1v) is 5.85. The maximum atomic E-state index is 11.9. The number of carbonyl (C=O) groups excluding carboxylic acids is 2. The summed E-state index contributed by atoms with van der Waals surface area (Å²) in [6, 6.07) is 0.989. The normalized spacial score (nSPS) is 13.7. The molecule has 0 bridgehead atoms. The number of aromatic nitrogens is 2. The minimum atomic E-state index is -0.702. The quantitative estimate of drug-likeness (QED) is 0.791. The van der Waals surface area contributed by atoms with E-state index in [4.69, 9.17) is 5.73 Å². The van der Waals surface area contributed by atoms with Gasteiger partial charge in [0.25, 0.3) is 5.91 Å². The highest BCUT2D eigenvalue weighted by atomic mass is 16.2. The van der Waals surface area contributed by atoms with Gasteiger partial charge in [0, 0.05) is 11.9 Å². The molecule has 6 nitrogen and oxygen atoms in total. The van der Waals surface area contributed by atoms with E-state index in [1.165, 1.54) is 6.20 Å². The lowest BCUT2D eigenvalue weighted by Gasteiger charge is -2.20. The Morgan fingerprint density at radius 2 is 2.17 bits per heavy atom. The van der Waals surface area contributed by atoms with Gasteiger partial charge in [0.15, 0.2) is 0 Å². The van der Waals surface area contributed by atoms with Gasteiger partial charge in [0.1, 0.15) is 6.04 Å². The van der Waals surface area contributed by atoms with Crippen molar-refractivity contribution in [2.45, 2.75) is 33.2 Å². The molecule has 2 atom stereocenters. The van der Waals surface area contributed by atoms with E-state index in [9.17, 15) is 9.59 Å². The topological polar surface area (TPSA) is 98.0 Å². The van der Waals surface area contributed by atoms with Crippen LogP contribution >= 0.6 is 0 Å². The van der Waals surface area contributed by atoms with E-state index in [2.05, 4.69) is 15.3 Å². The van der Waals surface area contributed by atoms with Gasteiger partial charge in [-0.2, -0.15) is 0 Å². The maximum absolute atomic E-state index is 11.9. The average molecular weight is 250 g/mol. The van der Waals surface area contributed by atoms with E-state index >= 15 is 0 Å². The Hall–Kier alpha value is -1.98. The zero-order valence-corrected chi connectivity index (χ0v) is 10.8. The molecule has 98 valence electrons. The predicted octanol–water partition coefficient (Wildman–Crippen LogP) is 0.415. The second-order valence-corrected chi connectivity index (χ2v) is 4.26. The van der Waals surface area contributed by atoms with Gasteiger partial charge in [-0.25, -0.2) is 9.97 Å². The molecule has 0 aliphatic carbocycles. The molecule has 0 aliphatic heterocycles. The number of nitrogens with two attached hydrogens (primary N) is 1. The van der Waals surface area contributed by atoms with E-state index in [1.54, 1.807) is 13.0 Å². The molecule has 18 heavy (non-hydrogen) atoms. The molecule has 6 heteroatoms. The molecule has 2 amide bonds. The minimum Gasteiger partial charge on any atom is -0.368 e. The van der Waals surface area contributed by atoms with Crippen molar-refractivity contribution >= 4 is 11.8 Å². The summed E-state index contributed by atoms with van der Waals surface area (Å²) < 4.78 is 0. The first kappa shape index (κ1) is 14.1. The Kier molecular flexibility index (Phi) is 4.76. The highest BCUT2D eigenvalue weighted by molar-refractivity contribution is 5.94. The Morgan fingerprint density at radius 3 is 2.67 bits per heavy atom. The van der Waals surface area contributed by atoms with E-state index in [1.807, 2.05) is 13.8 Å². The first-order valence-electron chi connectivity index (χ1n) is 5.85. The van der Waals surface area contributed by atoms with Crippen LogP contribution in [-0.2, 0) is 4.79 Å². The maximum Gasteiger partial charge on any atom is 0.289 e. The summed E-state index contributed by atoms with van der Waals surface area (Å²) in [7, 11) is 0. The standard InChI is InChI=1S/C12H18N4O2/c1-4-7(2)9(10(13)17)16-12(18)11-14-6-5-8(3)15-11/h5-7,9H,4H2,1-3H3,(H2,13,17)(H,16,18)/t7-,9-/m0/s1. The molecule has 1 aromatic rings. The van der Waals surface area contributed by atoms with Crippen LogP contribution in [0, 0.1) is 12.8 Å². The van der Waals surface area contributed by atoms with Crippen LogP contribution in [-0.4, -0.2) is 27.8 Å². The number of carbonyl (C=O) groups is 2. The van der Waals surface area contributed by atoms with Crippen molar-refractivity contribution < 1.29 is 9.59 Å². The fraction of sp³-hybridized carbons (Fsp3) is 0.500. The van der Waals surface area contributed by atoms with Gasteiger partial charge >= 0.3 is 0 Å². The second-order valence-electron chi connectivity index (χ2n) is 4.26. The van der Waals surface area contributed by atoms with Crippen LogP contribution in [0.5, 0.6) is 0 Å². The van der Waals surface area contributed by atoms with Crippen LogP contribution < -0.4 is 11.1 Å². The SMILES string of the molecule is CC[C@H](C)[C@H](NC(=O)c1nccc(C)n1)C(N)=O. The molecule has 0 spiro atoms. The third kappa shape index (κ3) is 3.51. The fourth-order valence-electron chi connectivity index (χ4n) is 1.49. The van der Waals surface area contributed by atoms with Crippen molar-refractivity contribution in [1.29, 1.82) is 0 Å². The molecule has 0 saturated heterocycles. The van der Waals surface area contributed by atoms with Gasteiger partial charge in [-0.3, -0.25) is 9.59 Å². The molecule has 1 heterocycles. The summed E-state index contributed by atoms with van der Waals surface area (Å²) in [5.41, 5.74) is 5.96. The number of nitrogens with zero attached hydrogens (tertiary/aromatic N) is 2. The smallest absolute Gasteiger partial charge is 0.289 e. The number of primary amides is 1. The number of rotatable bonds is 5. The first-order chi connectivity index (χ1) is 8.45. The molecule has 0 fully saturated rings. The monoisotopic (exact) mass is 250 g/mol. The Bertz CT molecular complexity index is 447. The predicted molar refractivity (Wildman–Crippen MR) is 66.7 cm³/mol. The van der Waals surface area contributed by atoms with Gasteiger partial charge < -0.3 is 11.1 Å². The highest BCUT2D eigenvalue weighted by Gasteiger charge is 2.24. The largest absolute Gasteiger partial charge is 0.368 e. The minimum absolute atomic E-state index is 0.0312. The van der Waals surface area contributed by atoms with Crippen LogP contribution in [0.1, 0.15) is 36.6 Å². The van der Waals surface area contributed by atoms with Crippen LogP contribution in [0.2, 0.25) is 0 Å². The van der Waals surface area contributed by atoms with E-state index < -0.39 is 17.9 Å². The number of aryl methyl sites for hydroxylation is 1. The molecule has 0 unspecified atom stereocenters. The lowest BCUT2D eigenvalue weighted by Crippen LogP contribution is -2.48. The Balaban J connectivity index is 2.82. The molecular weight excluding hydrogens is 232 g/mol. The lowest BCUT2D eigenvalue weighted by atomic mass is 9.98. The van der Waals surface area contributed by atoms with Crippen molar-refractivity contribution in [3.8, 4) is 0 Å². The van der Waals surface area contributed by atoms with Gasteiger partial charge in [0.2, 0.25) is 11.7 Å². The summed E-state index contributed by atoms with van der Waals surface area (Å²) in [6.45, 7) is 5.54. The van der Waals surface area contributed by atoms with Crippen molar-refractivity contribution in [2.75, 3.05) is 0 Å². The highest BCUT2D eigenvalue weighted by Crippen LogP contribution is 2.07. The zero-order valence-electron chi connectivity index (χ0n) is 10.8. The molecule has 1 aromatic heterocycles. The summed E-state index contributed by atoms with van der Waals surface area (Å²) in [5.74, 6) is -1.02. The molecule has 0 aromatic carbocycles. The number of hydrogen-bond donors (Lipinski definition) is 2. The van der Waals surface area contributed by atoms with Crippen LogP contribution in [0.25, 0.3) is 0 Å². The number of hydrogen-bond acceptors (Lipinski definition) is 4. The number of amides is 2. The van der Waals surface area contributed by atoms with Crippen molar-refractivity contribution in [3.63, 3.8) is 0 Å². The van der Waals surface area contributed by atoms with Gasteiger partial charge in [-0.05, 0) is 18.9 Å². The lowest BCUT2D eigenvalue weighted by molar-refractivity contribution is -0.120. The summed E-state index contributed by atoms with van der Waals surface area (Å²) in [4.78, 5) is 31.0. The Labute approximate surface area is 106 Å². The molecule has 1 rings (SSSR count). The van der Waals surface area contributed by atoms with Crippen molar-refractivity contribution in [2.24, 2.45) is 11.7 Å². The summed E-state index contributed by atoms with van der Waals surface area (Å²) >= 11 is 0. The summed E-state index contributed by atoms with van der Waals surface area (Å²) in [6.07, 6.45) is 2.24. The average Bonchev–Trinajstić information content (AvgIpc) is 2.34. The third-order valence-electron chi connectivity index (χ3n) is 2.80.